The standard InChI is InChI=1S/C47H56F2N10O6/c1-28-34-5-4-6-35(41(34)47(63)59(28)38-13-14-40(60)55-45(38)62)50-18-2-3-22-64-33-16-20-57(21-17-33)25-30-9-11-32(12-10-30)58-26-36(42(56-58)43(48)49)53-44(61)37-27-65-46(54-37)31-15-19-51-39(23-31)52-24-29-7-8-29/h4-6,15,19,23,26-27,29-30,32-33,38,43,50H,1-3,7-14,16-18,20-22,24-25H2,(H,51,52)(H,53,61)(H,55,60,62). The number of nitrogens with one attached hydrogen (secondary N) is 4. The SMILES string of the molecule is C=C1c2cccc(NCCCCOC3CCN(CC4CCC(n5cc(NC(=O)c6coc(-c7ccnc(NCC8CC8)c7)n6)c(C(F)F)n5)CC4)CC3)c2C(=O)N1C1CCC(=O)NC1=O. The summed E-state index contributed by atoms with van der Waals surface area (Å²) in [6, 6.07) is 8.30. The fourth-order valence-corrected chi connectivity index (χ4v) is 9.50. The predicted molar refractivity (Wildman–Crippen MR) is 238 cm³/mol. The Morgan fingerprint density at radius 2 is 1.77 bits per heavy atom. The maximum absolute atomic E-state index is 14.2. The number of oxazole rings is 1. The Morgan fingerprint density at radius 1 is 0.969 bits per heavy atom. The zero-order chi connectivity index (χ0) is 45.0. The number of nitrogens with zero attached hydrogens (tertiary/aromatic N) is 6. The van der Waals surface area contributed by atoms with Gasteiger partial charge in [-0.2, -0.15) is 5.10 Å². The highest BCUT2D eigenvalue weighted by Crippen LogP contribution is 2.39. The number of likely N-dealkylation sites (tertiary alicyclic amines) is 1. The van der Waals surface area contributed by atoms with Crippen LogP contribution in [0.3, 0.4) is 0 Å². The van der Waals surface area contributed by atoms with Crippen molar-refractivity contribution in [3.8, 4) is 11.5 Å². The Kier molecular flexibility index (Phi) is 13.3. The Balaban J connectivity index is 0.674. The number of alkyl halides is 2. The van der Waals surface area contributed by atoms with Gasteiger partial charge in [-0.25, -0.2) is 18.7 Å². The molecule has 4 amide bonds. The Labute approximate surface area is 375 Å². The van der Waals surface area contributed by atoms with Crippen LogP contribution in [0.4, 0.5) is 26.0 Å². The fourth-order valence-electron chi connectivity index (χ4n) is 9.50. The second kappa shape index (κ2) is 19.6. The van der Waals surface area contributed by atoms with E-state index in [0.717, 1.165) is 77.5 Å². The summed E-state index contributed by atoms with van der Waals surface area (Å²) < 4.78 is 41.8. The minimum atomic E-state index is -2.86. The number of anilines is 3. The van der Waals surface area contributed by atoms with Crippen LogP contribution >= 0.6 is 0 Å². The van der Waals surface area contributed by atoms with Crippen molar-refractivity contribution < 1.29 is 37.1 Å². The number of carbonyl (C=O) groups excluding carboxylic acids is 4. The van der Waals surface area contributed by atoms with E-state index in [1.165, 1.54) is 30.2 Å². The summed E-state index contributed by atoms with van der Waals surface area (Å²) >= 11 is 0. The van der Waals surface area contributed by atoms with E-state index in [2.05, 4.69) is 47.8 Å². The quantitative estimate of drug-likeness (QED) is 0.0578. The zero-order valence-electron chi connectivity index (χ0n) is 36.4. The summed E-state index contributed by atoms with van der Waals surface area (Å²) in [5, 5.41) is 15.9. The van der Waals surface area contributed by atoms with E-state index in [4.69, 9.17) is 9.15 Å². The van der Waals surface area contributed by atoms with Crippen molar-refractivity contribution in [1.82, 2.24) is 34.9 Å². The molecule has 1 aromatic carbocycles. The summed E-state index contributed by atoms with van der Waals surface area (Å²) in [6.07, 6.45) is 11.8. The molecule has 1 unspecified atom stereocenters. The van der Waals surface area contributed by atoms with E-state index in [1.54, 1.807) is 23.0 Å². The maximum Gasteiger partial charge on any atom is 0.284 e. The first kappa shape index (κ1) is 44.2. The largest absolute Gasteiger partial charge is 0.444 e. The third-order valence-electron chi connectivity index (χ3n) is 13.3. The lowest BCUT2D eigenvalue weighted by molar-refractivity contribution is -0.136. The molecule has 2 saturated heterocycles. The molecule has 4 fully saturated rings. The number of hydrogen-bond donors (Lipinski definition) is 4. The molecule has 4 N–H and O–H groups in total. The molecule has 18 heteroatoms. The molecule has 4 aromatic rings. The summed E-state index contributed by atoms with van der Waals surface area (Å²) in [5.41, 5.74) is 2.49. The lowest BCUT2D eigenvalue weighted by Gasteiger charge is -2.36. The molecule has 2 aliphatic carbocycles. The second-order valence-electron chi connectivity index (χ2n) is 18.0. The molecule has 5 aliphatic rings. The first-order valence-corrected chi connectivity index (χ1v) is 23.0. The van der Waals surface area contributed by atoms with Gasteiger partial charge in [-0.1, -0.05) is 18.7 Å². The molecule has 0 bridgehead atoms. The molecular weight excluding hydrogens is 839 g/mol. The summed E-state index contributed by atoms with van der Waals surface area (Å²) in [5.74, 6) is 0.354. The van der Waals surface area contributed by atoms with Gasteiger partial charge < -0.3 is 30.0 Å². The van der Waals surface area contributed by atoms with Crippen molar-refractivity contribution in [3.63, 3.8) is 0 Å². The molecule has 3 aliphatic heterocycles. The van der Waals surface area contributed by atoms with Gasteiger partial charge >= 0.3 is 0 Å². The van der Waals surface area contributed by atoms with E-state index in [1.807, 2.05) is 18.2 Å². The van der Waals surface area contributed by atoms with Gasteiger partial charge in [-0.05, 0) is 101 Å². The zero-order valence-corrected chi connectivity index (χ0v) is 36.4. The van der Waals surface area contributed by atoms with Crippen LogP contribution in [0.15, 0.2) is 60.0 Å². The number of halogens is 2. The monoisotopic (exact) mass is 894 g/mol. The summed E-state index contributed by atoms with van der Waals surface area (Å²) in [7, 11) is 0. The molecule has 1 atom stereocenters. The van der Waals surface area contributed by atoms with Crippen molar-refractivity contribution >= 4 is 46.5 Å². The van der Waals surface area contributed by atoms with Crippen LogP contribution in [0.2, 0.25) is 0 Å². The minimum absolute atomic E-state index is 0.0269. The number of pyridine rings is 1. The molecule has 6 heterocycles. The lowest BCUT2D eigenvalue weighted by atomic mass is 9.85. The first-order chi connectivity index (χ1) is 31.6. The predicted octanol–water partition coefficient (Wildman–Crippen LogP) is 7.28. The molecule has 0 spiro atoms. The maximum atomic E-state index is 14.2. The van der Waals surface area contributed by atoms with Crippen molar-refractivity contribution in [2.45, 2.75) is 102 Å². The van der Waals surface area contributed by atoms with Gasteiger partial charge in [0.15, 0.2) is 11.4 Å². The average molecular weight is 895 g/mol. The average Bonchev–Trinajstić information content (AvgIpc) is 3.71. The van der Waals surface area contributed by atoms with Crippen LogP contribution in [0.5, 0.6) is 0 Å². The number of unbranched alkanes of at least 4 members (excludes halogenated alkanes) is 1. The highest BCUT2D eigenvalue weighted by Gasteiger charge is 2.42. The number of carbonyl (C=O) groups is 4. The smallest absolute Gasteiger partial charge is 0.284 e. The topological polar surface area (TPSA) is 189 Å². The Hall–Kier alpha value is -6.01. The molecule has 65 heavy (non-hydrogen) atoms. The molecule has 3 aromatic heterocycles. The Morgan fingerprint density at radius 3 is 2.54 bits per heavy atom. The van der Waals surface area contributed by atoms with Gasteiger partial charge in [0.2, 0.25) is 17.7 Å². The van der Waals surface area contributed by atoms with E-state index in [0.29, 0.717) is 58.9 Å². The number of imide groups is 1. The van der Waals surface area contributed by atoms with Crippen LogP contribution in [-0.2, 0) is 14.3 Å². The number of aromatic nitrogens is 4. The normalized spacial score (nSPS) is 21.8. The van der Waals surface area contributed by atoms with Crippen LogP contribution in [0.25, 0.3) is 17.2 Å². The van der Waals surface area contributed by atoms with Gasteiger partial charge in [0.1, 0.15) is 18.1 Å². The fraction of sp³-hybridized carbons (Fsp3) is 0.511. The highest BCUT2D eigenvalue weighted by molar-refractivity contribution is 6.15. The van der Waals surface area contributed by atoms with Crippen molar-refractivity contribution in [3.05, 3.63) is 78.1 Å². The number of fused-ring (bicyclic) bond motifs is 1. The third kappa shape index (κ3) is 10.3. The number of ether oxygens (including phenoxy) is 1. The molecule has 344 valence electrons. The van der Waals surface area contributed by atoms with Crippen molar-refractivity contribution in [2.24, 2.45) is 11.8 Å². The van der Waals surface area contributed by atoms with Crippen molar-refractivity contribution in [2.75, 3.05) is 55.3 Å². The van der Waals surface area contributed by atoms with Crippen LogP contribution in [0, 0.1) is 11.8 Å². The molecule has 2 saturated carbocycles. The molecule has 16 nitrogen and oxygen atoms in total. The number of piperidine rings is 2. The summed E-state index contributed by atoms with van der Waals surface area (Å²) in [6.45, 7) is 9.18. The van der Waals surface area contributed by atoms with E-state index in [-0.39, 0.29) is 54.1 Å². The lowest BCUT2D eigenvalue weighted by Crippen LogP contribution is -2.52. The third-order valence-corrected chi connectivity index (χ3v) is 13.3. The first-order valence-electron chi connectivity index (χ1n) is 23.0. The van der Waals surface area contributed by atoms with Crippen molar-refractivity contribution in [1.29, 1.82) is 0 Å². The Bertz CT molecular complexity index is 2400. The van der Waals surface area contributed by atoms with Crippen LogP contribution < -0.4 is 21.3 Å². The molecule has 9 rings (SSSR count). The number of benzene rings is 1. The van der Waals surface area contributed by atoms with Gasteiger partial charge in [0.25, 0.3) is 18.2 Å². The summed E-state index contributed by atoms with van der Waals surface area (Å²) in [4.78, 5) is 63.5. The van der Waals surface area contributed by atoms with Gasteiger partial charge in [0.05, 0.1) is 23.4 Å². The second-order valence-corrected chi connectivity index (χ2v) is 18.0. The van der Waals surface area contributed by atoms with Crippen LogP contribution in [-0.4, -0.2) is 105 Å². The minimum Gasteiger partial charge on any atom is -0.444 e. The van der Waals surface area contributed by atoms with E-state index < -0.39 is 30.0 Å². The van der Waals surface area contributed by atoms with Gasteiger partial charge in [0, 0.05) is 80.7 Å². The van der Waals surface area contributed by atoms with E-state index >= 15 is 0 Å². The van der Waals surface area contributed by atoms with Crippen LogP contribution in [0.1, 0.15) is 122 Å². The number of hydrogen-bond acceptors (Lipinski definition) is 12. The van der Waals surface area contributed by atoms with Gasteiger partial charge in [-0.15, -0.1) is 0 Å². The number of rotatable bonds is 18. The molecular formula is C47H56F2N10O6. The van der Waals surface area contributed by atoms with E-state index in [9.17, 15) is 28.0 Å². The molecule has 0 radical (unpaired) electrons. The van der Waals surface area contributed by atoms with Gasteiger partial charge in [-0.3, -0.25) is 34.1 Å². The highest BCUT2D eigenvalue weighted by atomic mass is 19.3. The number of amides is 4.